The SMILES string of the molecule is C/C=C(\C)C(=O)N1CCc2c(C(N)=NC(/C=C(\N)CC(C)C)=NC)csc2C1. The monoisotopic (exact) mass is 401 g/mol. The minimum atomic E-state index is 0.0934. The number of carbonyl (C=O) groups excluding carboxylic acids is 1. The average molecular weight is 402 g/mol. The van der Waals surface area contributed by atoms with Crippen molar-refractivity contribution < 1.29 is 4.79 Å². The zero-order valence-corrected chi connectivity index (χ0v) is 18.3. The minimum absolute atomic E-state index is 0.0934. The van der Waals surface area contributed by atoms with Crippen LogP contribution in [0.1, 0.15) is 50.1 Å². The number of fused-ring (bicyclic) bond motifs is 1. The fourth-order valence-electron chi connectivity index (χ4n) is 3.12. The maximum atomic E-state index is 12.4. The van der Waals surface area contributed by atoms with Crippen LogP contribution in [0.4, 0.5) is 0 Å². The lowest BCUT2D eigenvalue weighted by Gasteiger charge is -2.27. The number of allylic oxidation sites excluding steroid dienone is 2. The standard InChI is InChI=1S/C21H31N5OS/c1-6-14(4)21(27)26-8-7-16-17(12-28-18(16)11-26)20(23)25-19(24-5)10-15(22)9-13(2)3/h6,10,12-13H,7-9,11,22H2,1-5H3,(H2,23,24,25)/b14-6+,15-10-. The first-order chi connectivity index (χ1) is 13.3. The van der Waals surface area contributed by atoms with E-state index in [-0.39, 0.29) is 5.91 Å². The molecule has 0 aromatic carbocycles. The zero-order chi connectivity index (χ0) is 20.8. The van der Waals surface area contributed by atoms with Crippen LogP contribution in [0, 0.1) is 5.92 Å². The molecule has 1 aromatic rings. The number of rotatable bonds is 5. The highest BCUT2D eigenvalue weighted by Gasteiger charge is 2.25. The maximum Gasteiger partial charge on any atom is 0.249 e. The van der Waals surface area contributed by atoms with Gasteiger partial charge in [-0.1, -0.05) is 19.9 Å². The molecule has 152 valence electrons. The van der Waals surface area contributed by atoms with Crippen molar-refractivity contribution in [3.05, 3.63) is 44.8 Å². The van der Waals surface area contributed by atoms with Gasteiger partial charge < -0.3 is 16.4 Å². The Labute approximate surface area is 171 Å². The Balaban J connectivity index is 2.21. The van der Waals surface area contributed by atoms with Gasteiger partial charge in [0.2, 0.25) is 5.91 Å². The molecule has 0 atom stereocenters. The van der Waals surface area contributed by atoms with Crippen LogP contribution in [0.2, 0.25) is 0 Å². The summed E-state index contributed by atoms with van der Waals surface area (Å²) in [6.07, 6.45) is 5.20. The van der Waals surface area contributed by atoms with E-state index < -0.39 is 0 Å². The van der Waals surface area contributed by atoms with Gasteiger partial charge in [0.25, 0.3) is 0 Å². The molecule has 4 N–H and O–H groups in total. The number of hydrogen-bond donors (Lipinski definition) is 2. The molecule has 1 aliphatic heterocycles. The highest BCUT2D eigenvalue weighted by atomic mass is 32.1. The van der Waals surface area contributed by atoms with Crippen LogP contribution >= 0.6 is 11.3 Å². The van der Waals surface area contributed by atoms with E-state index >= 15 is 0 Å². The summed E-state index contributed by atoms with van der Waals surface area (Å²) in [6, 6.07) is 0. The molecule has 7 heteroatoms. The molecule has 2 rings (SSSR count). The van der Waals surface area contributed by atoms with Gasteiger partial charge in [-0.3, -0.25) is 9.79 Å². The number of nitrogens with two attached hydrogens (primary N) is 2. The number of hydrogen-bond acceptors (Lipinski definition) is 4. The van der Waals surface area contributed by atoms with E-state index in [2.05, 4.69) is 23.8 Å². The van der Waals surface area contributed by atoms with Gasteiger partial charge in [-0.2, -0.15) is 0 Å². The summed E-state index contributed by atoms with van der Waals surface area (Å²) in [5.41, 5.74) is 16.0. The van der Waals surface area contributed by atoms with E-state index in [1.54, 1.807) is 24.5 Å². The van der Waals surface area contributed by atoms with Crippen LogP contribution in [0.25, 0.3) is 0 Å². The van der Waals surface area contributed by atoms with Crippen molar-refractivity contribution >= 4 is 28.9 Å². The number of thiophene rings is 1. The number of carbonyl (C=O) groups is 1. The van der Waals surface area contributed by atoms with E-state index in [4.69, 9.17) is 11.5 Å². The van der Waals surface area contributed by atoms with Crippen molar-refractivity contribution in [3.63, 3.8) is 0 Å². The van der Waals surface area contributed by atoms with Gasteiger partial charge >= 0.3 is 0 Å². The number of amides is 1. The first-order valence-corrected chi connectivity index (χ1v) is 10.4. The fraction of sp³-hybridized carbons (Fsp3) is 0.476. The van der Waals surface area contributed by atoms with Crippen LogP contribution in [-0.4, -0.2) is 36.1 Å². The Hall–Kier alpha value is -2.41. The van der Waals surface area contributed by atoms with Gasteiger partial charge in [0, 0.05) is 46.8 Å². The lowest BCUT2D eigenvalue weighted by molar-refractivity contribution is -0.127. The Bertz CT molecular complexity index is 845. The Kier molecular flexibility index (Phi) is 7.57. The van der Waals surface area contributed by atoms with Gasteiger partial charge in [-0.25, -0.2) is 4.99 Å². The molecule has 1 amide bonds. The lowest BCUT2D eigenvalue weighted by atomic mass is 10.0. The molecule has 0 fully saturated rings. The van der Waals surface area contributed by atoms with Crippen LogP contribution in [-0.2, 0) is 17.8 Å². The normalized spacial score (nSPS) is 16.6. The predicted octanol–water partition coefficient (Wildman–Crippen LogP) is 3.22. The molecule has 0 saturated heterocycles. The van der Waals surface area contributed by atoms with E-state index in [0.29, 0.717) is 30.7 Å². The van der Waals surface area contributed by atoms with E-state index in [1.165, 1.54) is 10.4 Å². The van der Waals surface area contributed by atoms with Crippen LogP contribution in [0.15, 0.2) is 38.8 Å². The molecule has 28 heavy (non-hydrogen) atoms. The number of aliphatic imine (C=N–C) groups is 2. The van der Waals surface area contributed by atoms with Gasteiger partial charge in [0.15, 0.2) is 5.84 Å². The summed E-state index contributed by atoms with van der Waals surface area (Å²) in [5.74, 6) is 1.52. The molecule has 0 saturated carbocycles. The van der Waals surface area contributed by atoms with Crippen LogP contribution < -0.4 is 11.5 Å². The maximum absolute atomic E-state index is 12.4. The predicted molar refractivity (Wildman–Crippen MR) is 119 cm³/mol. The average Bonchev–Trinajstić information content (AvgIpc) is 3.08. The van der Waals surface area contributed by atoms with Crippen molar-refractivity contribution in [1.29, 1.82) is 0 Å². The molecule has 1 aromatic heterocycles. The van der Waals surface area contributed by atoms with Gasteiger partial charge in [0.05, 0.1) is 6.54 Å². The first-order valence-electron chi connectivity index (χ1n) is 9.55. The first kappa shape index (κ1) is 21.9. The molecule has 0 aliphatic carbocycles. The van der Waals surface area contributed by atoms with Crippen molar-refractivity contribution in [2.75, 3.05) is 13.6 Å². The Morgan fingerprint density at radius 3 is 2.71 bits per heavy atom. The largest absolute Gasteiger partial charge is 0.402 e. The van der Waals surface area contributed by atoms with Gasteiger partial charge in [-0.05, 0) is 38.2 Å². The second kappa shape index (κ2) is 9.68. The molecule has 0 unspecified atom stereocenters. The highest BCUT2D eigenvalue weighted by Crippen LogP contribution is 2.29. The van der Waals surface area contributed by atoms with Gasteiger partial charge in [-0.15, -0.1) is 11.3 Å². The molecule has 6 nitrogen and oxygen atoms in total. The van der Waals surface area contributed by atoms with Crippen LogP contribution in [0.5, 0.6) is 0 Å². The molecular weight excluding hydrogens is 370 g/mol. The second-order valence-corrected chi connectivity index (χ2v) is 8.36. The van der Waals surface area contributed by atoms with Crippen molar-refractivity contribution in [2.45, 2.75) is 47.1 Å². The summed E-state index contributed by atoms with van der Waals surface area (Å²) in [4.78, 5) is 24.2. The fourth-order valence-corrected chi connectivity index (χ4v) is 4.22. The molecule has 1 aliphatic rings. The smallest absolute Gasteiger partial charge is 0.249 e. The zero-order valence-electron chi connectivity index (χ0n) is 17.5. The summed E-state index contributed by atoms with van der Waals surface area (Å²) < 4.78 is 0. The van der Waals surface area contributed by atoms with Crippen molar-refractivity contribution in [2.24, 2.45) is 27.4 Å². The number of nitrogens with zero attached hydrogens (tertiary/aromatic N) is 3. The third-order valence-corrected chi connectivity index (χ3v) is 5.72. The van der Waals surface area contributed by atoms with E-state index in [1.807, 2.05) is 30.2 Å². The lowest BCUT2D eigenvalue weighted by Crippen LogP contribution is -2.36. The third-order valence-electron chi connectivity index (χ3n) is 4.70. The van der Waals surface area contributed by atoms with E-state index in [9.17, 15) is 4.79 Å². The minimum Gasteiger partial charge on any atom is -0.402 e. The third kappa shape index (κ3) is 5.32. The molecule has 0 bridgehead atoms. The summed E-state index contributed by atoms with van der Waals surface area (Å²) in [6.45, 7) is 9.27. The highest BCUT2D eigenvalue weighted by molar-refractivity contribution is 7.10. The molecular formula is C21H31N5OS. The summed E-state index contributed by atoms with van der Waals surface area (Å²) >= 11 is 1.62. The van der Waals surface area contributed by atoms with Crippen molar-refractivity contribution in [1.82, 2.24) is 4.90 Å². The summed E-state index contributed by atoms with van der Waals surface area (Å²) in [7, 11) is 1.68. The number of amidine groups is 2. The van der Waals surface area contributed by atoms with Gasteiger partial charge in [0.1, 0.15) is 5.84 Å². The Morgan fingerprint density at radius 1 is 1.39 bits per heavy atom. The molecule has 2 heterocycles. The Morgan fingerprint density at radius 2 is 2.11 bits per heavy atom. The molecule has 0 radical (unpaired) electrons. The van der Waals surface area contributed by atoms with Crippen LogP contribution in [0.3, 0.4) is 0 Å². The summed E-state index contributed by atoms with van der Waals surface area (Å²) in [5, 5.41) is 2.02. The van der Waals surface area contributed by atoms with E-state index in [0.717, 1.165) is 29.7 Å². The second-order valence-electron chi connectivity index (χ2n) is 7.40. The quantitative estimate of drug-likeness (QED) is 0.450. The topological polar surface area (TPSA) is 97.1 Å². The van der Waals surface area contributed by atoms with Crippen molar-refractivity contribution in [3.8, 4) is 0 Å². The molecule has 0 spiro atoms.